The van der Waals surface area contributed by atoms with Gasteiger partial charge in [0.2, 0.25) is 0 Å². The van der Waals surface area contributed by atoms with Crippen molar-refractivity contribution in [3.8, 4) is 5.88 Å². The lowest BCUT2D eigenvalue weighted by Gasteiger charge is -2.04. The number of nitrogens with two attached hydrogens (primary N) is 1. The molecule has 3 N–H and O–H groups in total. The molecule has 0 aliphatic heterocycles. The highest BCUT2D eigenvalue weighted by atomic mass is 16.4. The molecule has 1 fully saturated rings. The van der Waals surface area contributed by atoms with Crippen LogP contribution in [0.2, 0.25) is 0 Å². The van der Waals surface area contributed by atoms with Gasteiger partial charge in [0.05, 0.1) is 0 Å². The molecule has 0 aromatic carbocycles. The Balaban J connectivity index is 2.03. The maximum atomic E-state index is 9.31. The summed E-state index contributed by atoms with van der Waals surface area (Å²) in [5.41, 5.74) is 5.32. The van der Waals surface area contributed by atoms with Gasteiger partial charge >= 0.3 is 0 Å². The highest BCUT2D eigenvalue weighted by Gasteiger charge is 2.20. The van der Waals surface area contributed by atoms with Gasteiger partial charge in [-0.2, -0.15) is 4.98 Å². The van der Waals surface area contributed by atoms with Crippen LogP contribution in [0.5, 0.6) is 5.88 Å². The van der Waals surface area contributed by atoms with Gasteiger partial charge in [0.1, 0.15) is 0 Å². The van der Waals surface area contributed by atoms with E-state index in [2.05, 4.69) is 4.98 Å². The zero-order valence-electron chi connectivity index (χ0n) is 7.49. The number of nitrogen functional groups attached to an aromatic ring is 1. The lowest BCUT2D eigenvalue weighted by atomic mass is 10.0. The molecular formula is C9H14N2O2. The third-order valence-corrected chi connectivity index (χ3v) is 2.64. The summed E-state index contributed by atoms with van der Waals surface area (Å²) in [5, 5.41) is 9.31. The van der Waals surface area contributed by atoms with Gasteiger partial charge < -0.3 is 15.3 Å². The zero-order chi connectivity index (χ0) is 9.26. The molecule has 0 saturated heterocycles. The van der Waals surface area contributed by atoms with E-state index in [1.165, 1.54) is 25.7 Å². The zero-order valence-corrected chi connectivity index (χ0v) is 7.49. The molecule has 72 valence electrons. The minimum Gasteiger partial charge on any atom is -0.491 e. The first-order valence-electron chi connectivity index (χ1n) is 4.70. The van der Waals surface area contributed by atoms with E-state index in [1.54, 1.807) is 0 Å². The number of nitrogens with zero attached hydrogens (tertiary/aromatic N) is 1. The lowest BCUT2D eigenvalue weighted by Crippen LogP contribution is -1.97. The lowest BCUT2D eigenvalue weighted by molar-refractivity contribution is 0.401. The second-order valence-corrected chi connectivity index (χ2v) is 3.65. The van der Waals surface area contributed by atoms with Crippen LogP contribution in [0.25, 0.3) is 0 Å². The van der Waals surface area contributed by atoms with Gasteiger partial charge in [0.15, 0.2) is 5.76 Å². The summed E-state index contributed by atoms with van der Waals surface area (Å²) in [6.07, 6.45) is 5.79. The fourth-order valence-electron chi connectivity index (χ4n) is 1.97. The van der Waals surface area contributed by atoms with Crippen LogP contribution in [0.3, 0.4) is 0 Å². The summed E-state index contributed by atoms with van der Waals surface area (Å²) >= 11 is 0. The predicted octanol–water partition coefficient (Wildman–Crippen LogP) is 1.70. The summed E-state index contributed by atoms with van der Waals surface area (Å²) in [6.45, 7) is 0. The number of hydrogen-bond acceptors (Lipinski definition) is 4. The van der Waals surface area contributed by atoms with Crippen LogP contribution >= 0.6 is 0 Å². The van der Waals surface area contributed by atoms with Gasteiger partial charge in [-0.05, 0) is 5.92 Å². The van der Waals surface area contributed by atoms with E-state index >= 15 is 0 Å². The highest BCUT2D eigenvalue weighted by molar-refractivity contribution is 5.24. The van der Waals surface area contributed by atoms with Crippen molar-refractivity contribution in [2.45, 2.75) is 32.1 Å². The smallest absolute Gasteiger partial charge is 0.295 e. The summed E-state index contributed by atoms with van der Waals surface area (Å²) in [4.78, 5) is 3.62. The van der Waals surface area contributed by atoms with E-state index in [-0.39, 0.29) is 11.9 Å². The normalized spacial score (nSPS) is 18.2. The molecule has 0 bridgehead atoms. The molecule has 0 amide bonds. The van der Waals surface area contributed by atoms with Crippen LogP contribution in [0, 0.1) is 5.92 Å². The van der Waals surface area contributed by atoms with E-state index < -0.39 is 0 Å². The molecule has 1 aliphatic rings. The standard InChI is InChI=1S/C9H14N2O2/c10-9-11-8(12)7(13-9)5-6-3-1-2-4-6/h6,12H,1-5H2,(H2,10,11). The second kappa shape index (κ2) is 3.28. The van der Waals surface area contributed by atoms with Crippen LogP contribution in [0.15, 0.2) is 4.42 Å². The maximum absolute atomic E-state index is 9.31. The van der Waals surface area contributed by atoms with E-state index in [0.29, 0.717) is 11.7 Å². The largest absolute Gasteiger partial charge is 0.491 e. The quantitative estimate of drug-likeness (QED) is 0.730. The van der Waals surface area contributed by atoms with Crippen molar-refractivity contribution in [3.63, 3.8) is 0 Å². The average Bonchev–Trinajstić information content (AvgIpc) is 2.63. The Kier molecular flexibility index (Phi) is 2.12. The van der Waals surface area contributed by atoms with Crippen LogP contribution in [0.1, 0.15) is 31.4 Å². The molecule has 4 heteroatoms. The fraction of sp³-hybridized carbons (Fsp3) is 0.667. The molecule has 0 spiro atoms. The third-order valence-electron chi connectivity index (χ3n) is 2.64. The Labute approximate surface area is 76.8 Å². The van der Waals surface area contributed by atoms with Crippen molar-refractivity contribution in [1.29, 1.82) is 0 Å². The van der Waals surface area contributed by atoms with Gasteiger partial charge in [-0.25, -0.2) is 0 Å². The summed E-state index contributed by atoms with van der Waals surface area (Å²) in [6, 6.07) is 0.0606. The van der Waals surface area contributed by atoms with Crippen LogP contribution in [-0.4, -0.2) is 10.1 Å². The summed E-state index contributed by atoms with van der Waals surface area (Å²) < 4.78 is 5.09. The second-order valence-electron chi connectivity index (χ2n) is 3.65. The van der Waals surface area contributed by atoms with Crippen molar-refractivity contribution in [1.82, 2.24) is 4.98 Å². The van der Waals surface area contributed by atoms with Gasteiger partial charge in [-0.1, -0.05) is 25.7 Å². The third kappa shape index (κ3) is 1.76. The predicted molar refractivity (Wildman–Crippen MR) is 48.2 cm³/mol. The monoisotopic (exact) mass is 182 g/mol. The average molecular weight is 182 g/mol. The molecule has 0 atom stereocenters. The Morgan fingerprint density at radius 2 is 2.15 bits per heavy atom. The molecule has 1 heterocycles. The first-order chi connectivity index (χ1) is 6.25. The highest BCUT2D eigenvalue weighted by Crippen LogP contribution is 2.31. The number of hydrogen-bond donors (Lipinski definition) is 2. The first-order valence-corrected chi connectivity index (χ1v) is 4.70. The van der Waals surface area contributed by atoms with Crippen molar-refractivity contribution in [3.05, 3.63) is 5.76 Å². The molecule has 0 unspecified atom stereocenters. The van der Waals surface area contributed by atoms with E-state index in [4.69, 9.17) is 10.2 Å². The maximum Gasteiger partial charge on any atom is 0.295 e. The number of rotatable bonds is 2. The molecule has 1 aromatic heterocycles. The molecule has 1 aliphatic carbocycles. The van der Waals surface area contributed by atoms with Crippen LogP contribution < -0.4 is 5.73 Å². The summed E-state index contributed by atoms with van der Waals surface area (Å²) in [7, 11) is 0. The van der Waals surface area contributed by atoms with Crippen molar-refractivity contribution in [2.75, 3.05) is 5.73 Å². The Hall–Kier alpha value is -1.19. The van der Waals surface area contributed by atoms with Gasteiger partial charge in [-0.15, -0.1) is 0 Å². The minimum atomic E-state index is -0.0376. The number of oxazole rings is 1. The van der Waals surface area contributed by atoms with Crippen molar-refractivity contribution in [2.24, 2.45) is 5.92 Å². The molecular weight excluding hydrogens is 168 g/mol. The van der Waals surface area contributed by atoms with E-state index in [9.17, 15) is 5.11 Å². The van der Waals surface area contributed by atoms with Crippen LogP contribution in [-0.2, 0) is 6.42 Å². The molecule has 1 aromatic rings. The van der Waals surface area contributed by atoms with Crippen LogP contribution in [0.4, 0.5) is 6.01 Å². The molecule has 4 nitrogen and oxygen atoms in total. The van der Waals surface area contributed by atoms with Crippen molar-refractivity contribution >= 4 is 6.01 Å². The van der Waals surface area contributed by atoms with Gasteiger partial charge in [0, 0.05) is 6.42 Å². The van der Waals surface area contributed by atoms with E-state index in [1.807, 2.05) is 0 Å². The Bertz CT molecular complexity index is 290. The topological polar surface area (TPSA) is 72.3 Å². The van der Waals surface area contributed by atoms with Crippen molar-refractivity contribution < 1.29 is 9.52 Å². The van der Waals surface area contributed by atoms with Gasteiger partial charge in [-0.3, -0.25) is 0 Å². The first kappa shape index (κ1) is 8.41. The molecule has 2 rings (SSSR count). The molecule has 13 heavy (non-hydrogen) atoms. The Morgan fingerprint density at radius 3 is 2.69 bits per heavy atom. The van der Waals surface area contributed by atoms with E-state index in [0.717, 1.165) is 6.42 Å². The minimum absolute atomic E-state index is 0.0376. The number of aromatic hydroxyl groups is 1. The Morgan fingerprint density at radius 1 is 1.46 bits per heavy atom. The number of anilines is 1. The molecule has 1 saturated carbocycles. The van der Waals surface area contributed by atoms with Gasteiger partial charge in [0.25, 0.3) is 11.9 Å². The molecule has 0 radical (unpaired) electrons. The fourth-order valence-corrected chi connectivity index (χ4v) is 1.97. The SMILES string of the molecule is Nc1nc(O)c(CC2CCCC2)o1. The summed E-state index contributed by atoms with van der Waals surface area (Å²) in [5.74, 6) is 1.15. The number of aromatic nitrogens is 1.